The van der Waals surface area contributed by atoms with Crippen LogP contribution in [-0.4, -0.2) is 10.5 Å². The second kappa shape index (κ2) is 6.40. The van der Waals surface area contributed by atoms with Crippen molar-refractivity contribution in [1.82, 2.24) is 9.88 Å². The first-order valence-corrected chi connectivity index (χ1v) is 8.05. The summed E-state index contributed by atoms with van der Waals surface area (Å²) in [7, 11) is 0. The maximum absolute atomic E-state index is 12.8. The molecule has 0 radical (unpaired) electrons. The quantitative estimate of drug-likeness (QED) is 0.697. The van der Waals surface area contributed by atoms with Crippen LogP contribution in [0.25, 0.3) is 11.1 Å². The Morgan fingerprint density at radius 1 is 1.29 bits per heavy atom. The molecule has 24 heavy (non-hydrogen) atoms. The van der Waals surface area contributed by atoms with Crippen LogP contribution in [0.15, 0.2) is 59.0 Å². The summed E-state index contributed by atoms with van der Waals surface area (Å²) in [5.41, 5.74) is 4.30. The van der Waals surface area contributed by atoms with Gasteiger partial charge in [-0.05, 0) is 26.3 Å². The summed E-state index contributed by atoms with van der Waals surface area (Å²) in [6.45, 7) is 10.4. The summed E-state index contributed by atoms with van der Waals surface area (Å²) in [6, 6.07) is 13.6. The molecule has 0 spiro atoms. The minimum absolute atomic E-state index is 0.0695. The lowest BCUT2D eigenvalue weighted by atomic mass is 10.1. The number of benzene rings is 1. The zero-order valence-corrected chi connectivity index (χ0v) is 14.3. The fraction of sp³-hybridized carbons (Fsp3) is 0.250. The standard InChI is InChI=1S/C20H22N2O2/c1-13(2)12-22-17-10-14(3)24-19(17)11-18(22)20(23)21-15(4)16-8-6-5-7-9-16/h5-11,15H,1,12H2,2-4H3,(H,21,23). The molecule has 1 aromatic carbocycles. The Morgan fingerprint density at radius 2 is 2.00 bits per heavy atom. The van der Waals surface area contributed by atoms with E-state index in [9.17, 15) is 4.79 Å². The smallest absolute Gasteiger partial charge is 0.268 e. The van der Waals surface area contributed by atoms with Gasteiger partial charge in [-0.25, -0.2) is 0 Å². The van der Waals surface area contributed by atoms with E-state index in [4.69, 9.17) is 4.42 Å². The maximum atomic E-state index is 12.8. The molecule has 0 bridgehead atoms. The number of carbonyl (C=O) groups excluding carboxylic acids is 1. The Balaban J connectivity index is 1.91. The third-order valence-electron chi connectivity index (χ3n) is 4.02. The van der Waals surface area contributed by atoms with Gasteiger partial charge >= 0.3 is 0 Å². The number of rotatable bonds is 5. The van der Waals surface area contributed by atoms with Crippen molar-refractivity contribution in [3.8, 4) is 0 Å². The molecule has 4 nitrogen and oxygen atoms in total. The van der Waals surface area contributed by atoms with Gasteiger partial charge in [-0.15, -0.1) is 0 Å². The predicted molar refractivity (Wildman–Crippen MR) is 96.1 cm³/mol. The minimum atomic E-state index is -0.114. The molecule has 124 valence electrons. The number of fused-ring (bicyclic) bond motifs is 1. The van der Waals surface area contributed by atoms with Crippen LogP contribution < -0.4 is 5.32 Å². The summed E-state index contributed by atoms with van der Waals surface area (Å²) in [4.78, 5) is 12.8. The molecule has 1 amide bonds. The first kappa shape index (κ1) is 16.1. The average Bonchev–Trinajstić information content (AvgIpc) is 3.05. The molecule has 0 aliphatic rings. The number of hydrogen-bond donors (Lipinski definition) is 1. The molecule has 3 aromatic rings. The molecule has 2 heterocycles. The van der Waals surface area contributed by atoms with E-state index in [2.05, 4.69) is 11.9 Å². The molecular weight excluding hydrogens is 300 g/mol. The van der Waals surface area contributed by atoms with Gasteiger partial charge in [-0.1, -0.05) is 42.5 Å². The molecule has 0 saturated carbocycles. The zero-order valence-electron chi connectivity index (χ0n) is 14.3. The summed E-state index contributed by atoms with van der Waals surface area (Å²) in [6.07, 6.45) is 0. The van der Waals surface area contributed by atoms with Crippen molar-refractivity contribution >= 4 is 17.0 Å². The lowest BCUT2D eigenvalue weighted by Crippen LogP contribution is -2.28. The SMILES string of the molecule is C=C(C)Cn1c(C(=O)NC(C)c2ccccc2)cc2oc(C)cc21. The van der Waals surface area contributed by atoms with E-state index in [1.807, 2.05) is 61.7 Å². The van der Waals surface area contributed by atoms with Gasteiger partial charge in [0.05, 0.1) is 11.6 Å². The largest absolute Gasteiger partial charge is 0.460 e. The molecular formula is C20H22N2O2. The molecule has 0 saturated heterocycles. The first-order valence-electron chi connectivity index (χ1n) is 8.05. The van der Waals surface area contributed by atoms with Crippen LogP contribution in [0.1, 0.15) is 41.7 Å². The second-order valence-corrected chi connectivity index (χ2v) is 6.29. The molecule has 0 aliphatic carbocycles. The van der Waals surface area contributed by atoms with Crippen molar-refractivity contribution < 1.29 is 9.21 Å². The molecule has 2 aromatic heterocycles. The number of carbonyl (C=O) groups is 1. The Hall–Kier alpha value is -2.75. The number of hydrogen-bond acceptors (Lipinski definition) is 2. The molecule has 3 rings (SSSR count). The third kappa shape index (κ3) is 3.13. The average molecular weight is 322 g/mol. The molecule has 0 fully saturated rings. The fourth-order valence-electron chi connectivity index (χ4n) is 2.89. The Morgan fingerprint density at radius 3 is 2.67 bits per heavy atom. The van der Waals surface area contributed by atoms with Gasteiger partial charge in [0.15, 0.2) is 5.58 Å². The fourth-order valence-corrected chi connectivity index (χ4v) is 2.89. The Labute approximate surface area is 141 Å². The molecule has 1 unspecified atom stereocenters. The third-order valence-corrected chi connectivity index (χ3v) is 4.02. The van der Waals surface area contributed by atoms with Crippen LogP contribution in [0, 0.1) is 6.92 Å². The topological polar surface area (TPSA) is 47.2 Å². The van der Waals surface area contributed by atoms with Crippen LogP contribution in [-0.2, 0) is 6.54 Å². The Bertz CT molecular complexity index is 887. The highest BCUT2D eigenvalue weighted by molar-refractivity contribution is 5.97. The first-order chi connectivity index (χ1) is 11.5. The molecule has 0 aliphatic heterocycles. The van der Waals surface area contributed by atoms with Gasteiger partial charge in [0.1, 0.15) is 11.5 Å². The van der Waals surface area contributed by atoms with Crippen molar-refractivity contribution in [2.24, 2.45) is 0 Å². The van der Waals surface area contributed by atoms with Crippen LogP contribution >= 0.6 is 0 Å². The van der Waals surface area contributed by atoms with Gasteiger partial charge < -0.3 is 14.3 Å². The van der Waals surface area contributed by atoms with E-state index in [0.717, 1.165) is 28.0 Å². The van der Waals surface area contributed by atoms with Crippen molar-refractivity contribution in [3.05, 3.63) is 71.6 Å². The van der Waals surface area contributed by atoms with Crippen LogP contribution in [0.5, 0.6) is 0 Å². The highest BCUT2D eigenvalue weighted by Gasteiger charge is 2.20. The van der Waals surface area contributed by atoms with Crippen molar-refractivity contribution in [1.29, 1.82) is 0 Å². The minimum Gasteiger partial charge on any atom is -0.460 e. The molecule has 4 heteroatoms. The van der Waals surface area contributed by atoms with Gasteiger partial charge in [-0.2, -0.15) is 0 Å². The number of aryl methyl sites for hydroxylation is 1. The lowest BCUT2D eigenvalue weighted by Gasteiger charge is -2.16. The van der Waals surface area contributed by atoms with E-state index in [0.29, 0.717) is 12.2 Å². The van der Waals surface area contributed by atoms with E-state index >= 15 is 0 Å². The number of nitrogens with one attached hydrogen (secondary N) is 1. The van der Waals surface area contributed by atoms with Gasteiger partial charge in [-0.3, -0.25) is 4.79 Å². The number of allylic oxidation sites excluding steroid dienone is 1. The summed E-state index contributed by atoms with van der Waals surface area (Å²) in [5, 5.41) is 3.06. The monoisotopic (exact) mass is 322 g/mol. The van der Waals surface area contributed by atoms with Crippen LogP contribution in [0.4, 0.5) is 0 Å². The van der Waals surface area contributed by atoms with Crippen molar-refractivity contribution in [3.63, 3.8) is 0 Å². The van der Waals surface area contributed by atoms with Crippen molar-refractivity contribution in [2.45, 2.75) is 33.4 Å². The van der Waals surface area contributed by atoms with E-state index < -0.39 is 0 Å². The number of nitrogens with zero attached hydrogens (tertiary/aromatic N) is 1. The van der Waals surface area contributed by atoms with E-state index in [1.54, 1.807) is 6.07 Å². The lowest BCUT2D eigenvalue weighted by molar-refractivity contribution is 0.0931. The summed E-state index contributed by atoms with van der Waals surface area (Å²) >= 11 is 0. The predicted octanol–water partition coefficient (Wildman–Crippen LogP) is 4.61. The van der Waals surface area contributed by atoms with E-state index in [-0.39, 0.29) is 11.9 Å². The summed E-state index contributed by atoms with van der Waals surface area (Å²) < 4.78 is 7.64. The Kier molecular flexibility index (Phi) is 4.30. The van der Waals surface area contributed by atoms with Gasteiger partial charge in [0.2, 0.25) is 0 Å². The van der Waals surface area contributed by atoms with Crippen LogP contribution in [0.2, 0.25) is 0 Å². The number of furan rings is 1. The highest BCUT2D eigenvalue weighted by atomic mass is 16.3. The van der Waals surface area contributed by atoms with E-state index in [1.165, 1.54) is 0 Å². The van der Waals surface area contributed by atoms with Gasteiger partial charge in [0.25, 0.3) is 5.91 Å². The summed E-state index contributed by atoms with van der Waals surface area (Å²) in [5.74, 6) is 0.719. The highest BCUT2D eigenvalue weighted by Crippen LogP contribution is 2.25. The molecule has 1 N–H and O–H groups in total. The van der Waals surface area contributed by atoms with Gasteiger partial charge in [0, 0.05) is 18.7 Å². The second-order valence-electron chi connectivity index (χ2n) is 6.29. The van der Waals surface area contributed by atoms with Crippen LogP contribution in [0.3, 0.4) is 0 Å². The normalized spacial score (nSPS) is 12.3. The van der Waals surface area contributed by atoms with Crippen molar-refractivity contribution in [2.75, 3.05) is 0 Å². The molecule has 1 atom stereocenters. The number of amides is 1. The zero-order chi connectivity index (χ0) is 17.3. The number of aromatic nitrogens is 1. The maximum Gasteiger partial charge on any atom is 0.268 e.